The second-order valence-corrected chi connectivity index (χ2v) is 2.87. The molecule has 46 valence electrons. The summed E-state index contributed by atoms with van der Waals surface area (Å²) in [5, 5.41) is 7.00. The summed E-state index contributed by atoms with van der Waals surface area (Å²) in [6.45, 7) is 4.45. The highest BCUT2D eigenvalue weighted by molar-refractivity contribution is 7.37. The van der Waals surface area contributed by atoms with Crippen molar-refractivity contribution in [2.24, 2.45) is 0 Å². The minimum absolute atomic E-state index is 1.00. The van der Waals surface area contributed by atoms with Crippen LogP contribution in [0.2, 0.25) is 0 Å². The quantitative estimate of drug-likeness (QED) is 0.547. The van der Waals surface area contributed by atoms with Crippen LogP contribution in [0, 0.1) is 0 Å². The number of hydrogen-bond acceptors (Lipinski definition) is 1. The third kappa shape index (κ3) is 21.6. The van der Waals surface area contributed by atoms with Gasteiger partial charge in [0.2, 0.25) is 0 Å². The molecule has 0 aliphatic rings. The van der Waals surface area contributed by atoms with Gasteiger partial charge >= 0.3 is 0 Å². The lowest BCUT2D eigenvalue weighted by molar-refractivity contribution is 0.399. The topological polar surface area (TPSA) is 20.2 Å². The van der Waals surface area contributed by atoms with E-state index < -0.39 is 0 Å². The van der Waals surface area contributed by atoms with Crippen LogP contribution < -0.4 is 0 Å². The molecular formula is C5H15OP. The van der Waals surface area contributed by atoms with E-state index in [2.05, 4.69) is 13.8 Å². The molecule has 0 aromatic rings. The van der Waals surface area contributed by atoms with E-state index in [1.165, 1.54) is 20.9 Å². The first-order chi connectivity index (χ1) is 3.41. The van der Waals surface area contributed by atoms with Crippen LogP contribution >= 0.6 is 8.58 Å². The first-order valence-corrected chi connectivity index (χ1v) is 3.98. The molecule has 0 aromatic heterocycles. The molecule has 7 heavy (non-hydrogen) atoms. The van der Waals surface area contributed by atoms with Crippen LogP contribution in [-0.2, 0) is 0 Å². The van der Waals surface area contributed by atoms with Crippen LogP contribution in [-0.4, -0.2) is 24.5 Å². The van der Waals surface area contributed by atoms with Crippen LogP contribution in [0.5, 0.6) is 0 Å². The average Bonchev–Trinajstić information content (AvgIpc) is 1.75. The van der Waals surface area contributed by atoms with Crippen LogP contribution in [0.25, 0.3) is 0 Å². The molecule has 0 saturated carbocycles. The van der Waals surface area contributed by atoms with E-state index in [0.717, 1.165) is 7.11 Å². The minimum atomic E-state index is 1.00. The fourth-order valence-corrected chi connectivity index (χ4v) is 0.750. The Morgan fingerprint density at radius 3 is 1.43 bits per heavy atom. The first kappa shape index (κ1) is 10.4. The molecular weight excluding hydrogens is 107 g/mol. The summed E-state index contributed by atoms with van der Waals surface area (Å²) < 4.78 is 0. The third-order valence-electron chi connectivity index (χ3n) is 0.500. The van der Waals surface area contributed by atoms with Gasteiger partial charge in [0, 0.05) is 7.11 Å². The highest BCUT2D eigenvalue weighted by Gasteiger charge is 1.66. The zero-order valence-electron chi connectivity index (χ0n) is 5.36. The van der Waals surface area contributed by atoms with Crippen molar-refractivity contribution in [1.82, 2.24) is 0 Å². The van der Waals surface area contributed by atoms with E-state index in [0.29, 0.717) is 0 Å². The van der Waals surface area contributed by atoms with Gasteiger partial charge in [0.05, 0.1) is 0 Å². The van der Waals surface area contributed by atoms with Crippen molar-refractivity contribution in [2.75, 3.05) is 19.4 Å². The van der Waals surface area contributed by atoms with E-state index in [4.69, 9.17) is 5.11 Å². The monoisotopic (exact) mass is 122 g/mol. The predicted molar refractivity (Wildman–Crippen MR) is 37.5 cm³/mol. The molecule has 2 heteroatoms. The van der Waals surface area contributed by atoms with Gasteiger partial charge in [0.25, 0.3) is 0 Å². The molecule has 1 N–H and O–H groups in total. The largest absolute Gasteiger partial charge is 0.400 e. The van der Waals surface area contributed by atoms with Gasteiger partial charge in [-0.1, -0.05) is 13.8 Å². The zero-order chi connectivity index (χ0) is 6.12. The van der Waals surface area contributed by atoms with Crippen LogP contribution in [0.15, 0.2) is 0 Å². The first-order valence-electron chi connectivity index (χ1n) is 2.57. The maximum absolute atomic E-state index is 7.00. The molecule has 0 fully saturated rings. The molecule has 0 aliphatic heterocycles. The van der Waals surface area contributed by atoms with Crippen LogP contribution in [0.4, 0.5) is 0 Å². The van der Waals surface area contributed by atoms with E-state index in [-0.39, 0.29) is 0 Å². The molecule has 0 rings (SSSR count). The van der Waals surface area contributed by atoms with Gasteiger partial charge in [-0.3, -0.25) is 0 Å². The highest BCUT2D eigenvalue weighted by Crippen LogP contribution is 2.03. The number of hydrogen-bond donors (Lipinski definition) is 1. The average molecular weight is 122 g/mol. The lowest BCUT2D eigenvalue weighted by atomic mass is 11.0. The molecule has 0 atom stereocenters. The molecule has 0 heterocycles. The molecule has 0 amide bonds. The Labute approximate surface area is 47.9 Å². The van der Waals surface area contributed by atoms with Crippen molar-refractivity contribution < 1.29 is 5.11 Å². The molecule has 0 aliphatic carbocycles. The molecule has 0 bridgehead atoms. The second kappa shape index (κ2) is 16.2. The SMILES string of the molecule is CCPCC.CO. The third-order valence-corrected chi connectivity index (χ3v) is 1.50. The molecule has 0 aromatic carbocycles. The van der Waals surface area contributed by atoms with E-state index in [1.807, 2.05) is 0 Å². The van der Waals surface area contributed by atoms with Crippen molar-refractivity contribution in [3.8, 4) is 0 Å². The van der Waals surface area contributed by atoms with Crippen molar-refractivity contribution in [2.45, 2.75) is 13.8 Å². The summed E-state index contributed by atoms with van der Waals surface area (Å²) in [6, 6.07) is 0. The van der Waals surface area contributed by atoms with Gasteiger partial charge < -0.3 is 5.11 Å². The van der Waals surface area contributed by atoms with Gasteiger partial charge in [0.1, 0.15) is 0 Å². The highest BCUT2D eigenvalue weighted by atomic mass is 31.1. The van der Waals surface area contributed by atoms with Gasteiger partial charge in [-0.2, -0.15) is 0 Å². The lowest BCUT2D eigenvalue weighted by Gasteiger charge is -1.80. The molecule has 0 spiro atoms. The fourth-order valence-electron chi connectivity index (χ4n) is 0.250. The van der Waals surface area contributed by atoms with Crippen LogP contribution in [0.3, 0.4) is 0 Å². The van der Waals surface area contributed by atoms with E-state index in [1.54, 1.807) is 0 Å². The Kier molecular flexibility index (Phi) is 24.0. The molecule has 1 nitrogen and oxygen atoms in total. The van der Waals surface area contributed by atoms with E-state index in [9.17, 15) is 0 Å². The van der Waals surface area contributed by atoms with E-state index >= 15 is 0 Å². The Hall–Kier alpha value is 0.390. The Morgan fingerprint density at radius 2 is 1.43 bits per heavy atom. The maximum Gasteiger partial charge on any atom is 0.0319 e. The summed E-state index contributed by atoms with van der Waals surface area (Å²) in [5.74, 6) is 0. The second-order valence-electron chi connectivity index (χ2n) is 0.957. The molecule has 0 radical (unpaired) electrons. The van der Waals surface area contributed by atoms with Crippen molar-refractivity contribution >= 4 is 8.58 Å². The van der Waals surface area contributed by atoms with Crippen LogP contribution in [0.1, 0.15) is 13.8 Å². The van der Waals surface area contributed by atoms with Gasteiger partial charge in [-0.25, -0.2) is 0 Å². The summed E-state index contributed by atoms with van der Waals surface area (Å²) in [5.41, 5.74) is 0. The van der Waals surface area contributed by atoms with Gasteiger partial charge in [0.15, 0.2) is 0 Å². The lowest BCUT2D eigenvalue weighted by Crippen LogP contribution is -1.59. The van der Waals surface area contributed by atoms with Gasteiger partial charge in [-0.15, -0.1) is 8.58 Å². The summed E-state index contributed by atoms with van der Waals surface area (Å²) in [6.07, 6.45) is 2.74. The smallest absolute Gasteiger partial charge is 0.0319 e. The standard InChI is InChI=1S/C4H11P.CH4O/c1-3-5-4-2;1-2/h5H,3-4H2,1-2H3;2H,1H3. The number of aliphatic hydroxyl groups is 1. The molecule has 0 saturated heterocycles. The Balaban J connectivity index is 0. The minimum Gasteiger partial charge on any atom is -0.400 e. The van der Waals surface area contributed by atoms with Crippen molar-refractivity contribution in [3.63, 3.8) is 0 Å². The number of rotatable bonds is 2. The number of aliphatic hydroxyl groups excluding tert-OH is 1. The van der Waals surface area contributed by atoms with Crippen molar-refractivity contribution in [3.05, 3.63) is 0 Å². The Bertz CT molecular complexity index is 15.6. The summed E-state index contributed by atoms with van der Waals surface area (Å²) in [4.78, 5) is 0. The predicted octanol–water partition coefficient (Wildman–Crippen LogP) is 1.31. The fraction of sp³-hybridized carbons (Fsp3) is 1.00. The Morgan fingerprint density at radius 1 is 1.14 bits per heavy atom. The van der Waals surface area contributed by atoms with Crippen molar-refractivity contribution in [1.29, 1.82) is 0 Å². The van der Waals surface area contributed by atoms with Gasteiger partial charge in [-0.05, 0) is 12.3 Å². The zero-order valence-corrected chi connectivity index (χ0v) is 6.36. The summed E-state index contributed by atoms with van der Waals surface area (Å²) in [7, 11) is 2.20. The molecule has 0 unspecified atom stereocenters. The summed E-state index contributed by atoms with van der Waals surface area (Å²) >= 11 is 0. The normalized spacial score (nSPS) is 6.86. The maximum atomic E-state index is 7.00.